The Morgan fingerprint density at radius 2 is 2.06 bits per heavy atom. The Morgan fingerprint density at radius 1 is 1.28 bits per heavy atom. The summed E-state index contributed by atoms with van der Waals surface area (Å²) in [6, 6.07) is 0. The SMILES string of the molecule is CC(C)c1noc(CCNCC2CCCCC2)n1. The Kier molecular flexibility index (Phi) is 5.17. The van der Waals surface area contributed by atoms with Crippen molar-refractivity contribution in [3.05, 3.63) is 11.7 Å². The fourth-order valence-corrected chi connectivity index (χ4v) is 2.50. The minimum absolute atomic E-state index is 0.345. The fraction of sp³-hybridized carbons (Fsp3) is 0.857. The highest BCUT2D eigenvalue weighted by Crippen LogP contribution is 2.22. The van der Waals surface area contributed by atoms with E-state index in [0.717, 1.165) is 37.1 Å². The van der Waals surface area contributed by atoms with Crippen LogP contribution < -0.4 is 5.32 Å². The van der Waals surface area contributed by atoms with Crippen LogP contribution in [0.5, 0.6) is 0 Å². The quantitative estimate of drug-likeness (QED) is 0.790. The van der Waals surface area contributed by atoms with Crippen LogP contribution in [0.3, 0.4) is 0 Å². The van der Waals surface area contributed by atoms with Crippen LogP contribution in [0.25, 0.3) is 0 Å². The van der Waals surface area contributed by atoms with Gasteiger partial charge in [0.2, 0.25) is 5.89 Å². The summed E-state index contributed by atoms with van der Waals surface area (Å²) in [5.74, 6) is 2.80. The Bertz CT molecular complexity index is 343. The van der Waals surface area contributed by atoms with Crippen LogP contribution in [0, 0.1) is 5.92 Å². The Morgan fingerprint density at radius 3 is 2.72 bits per heavy atom. The van der Waals surface area contributed by atoms with Crippen LogP contribution in [-0.4, -0.2) is 23.2 Å². The van der Waals surface area contributed by atoms with Crippen molar-refractivity contribution in [1.29, 1.82) is 0 Å². The van der Waals surface area contributed by atoms with Gasteiger partial charge >= 0.3 is 0 Å². The van der Waals surface area contributed by atoms with Crippen molar-refractivity contribution in [2.45, 2.75) is 58.3 Å². The van der Waals surface area contributed by atoms with Crippen LogP contribution in [-0.2, 0) is 6.42 Å². The molecule has 4 nitrogen and oxygen atoms in total. The van der Waals surface area contributed by atoms with E-state index in [2.05, 4.69) is 29.3 Å². The Labute approximate surface area is 110 Å². The van der Waals surface area contributed by atoms with Crippen molar-refractivity contribution in [3.8, 4) is 0 Å². The largest absolute Gasteiger partial charge is 0.339 e. The van der Waals surface area contributed by atoms with Crippen LogP contribution in [0.2, 0.25) is 0 Å². The minimum Gasteiger partial charge on any atom is -0.339 e. The number of hydrogen-bond acceptors (Lipinski definition) is 4. The topological polar surface area (TPSA) is 51.0 Å². The number of hydrogen-bond donors (Lipinski definition) is 1. The zero-order chi connectivity index (χ0) is 12.8. The maximum absolute atomic E-state index is 5.22. The zero-order valence-corrected chi connectivity index (χ0v) is 11.6. The molecule has 1 fully saturated rings. The van der Waals surface area contributed by atoms with Crippen LogP contribution >= 0.6 is 0 Å². The van der Waals surface area contributed by atoms with Crippen molar-refractivity contribution < 1.29 is 4.52 Å². The van der Waals surface area contributed by atoms with Gasteiger partial charge < -0.3 is 9.84 Å². The molecule has 0 unspecified atom stereocenters. The second-order valence-corrected chi connectivity index (χ2v) is 5.66. The maximum Gasteiger partial charge on any atom is 0.227 e. The molecule has 1 aliphatic rings. The molecule has 0 radical (unpaired) electrons. The molecule has 2 rings (SSSR count). The first kappa shape index (κ1) is 13.5. The molecule has 1 N–H and O–H groups in total. The lowest BCUT2D eigenvalue weighted by molar-refractivity contribution is 0.336. The molecule has 0 bridgehead atoms. The first-order chi connectivity index (χ1) is 8.75. The van der Waals surface area contributed by atoms with Gasteiger partial charge in [-0.1, -0.05) is 38.3 Å². The highest BCUT2D eigenvalue weighted by Gasteiger charge is 2.13. The molecule has 0 aliphatic heterocycles. The zero-order valence-electron chi connectivity index (χ0n) is 11.6. The van der Waals surface area contributed by atoms with E-state index in [0.29, 0.717) is 5.92 Å². The van der Waals surface area contributed by atoms with Crippen molar-refractivity contribution >= 4 is 0 Å². The minimum atomic E-state index is 0.345. The van der Waals surface area contributed by atoms with Crippen molar-refractivity contribution in [3.63, 3.8) is 0 Å². The van der Waals surface area contributed by atoms with Crippen molar-refractivity contribution in [2.24, 2.45) is 5.92 Å². The normalized spacial score (nSPS) is 17.5. The van der Waals surface area contributed by atoms with Crippen LogP contribution in [0.4, 0.5) is 0 Å². The summed E-state index contributed by atoms with van der Waals surface area (Å²) < 4.78 is 5.22. The lowest BCUT2D eigenvalue weighted by Crippen LogP contribution is -2.26. The molecule has 4 heteroatoms. The van der Waals surface area contributed by atoms with E-state index in [1.54, 1.807) is 0 Å². The summed E-state index contributed by atoms with van der Waals surface area (Å²) in [7, 11) is 0. The monoisotopic (exact) mass is 251 g/mol. The molecule has 1 aliphatic carbocycles. The molecule has 102 valence electrons. The average Bonchev–Trinajstić information content (AvgIpc) is 2.85. The van der Waals surface area contributed by atoms with E-state index in [4.69, 9.17) is 4.52 Å². The van der Waals surface area contributed by atoms with E-state index in [1.807, 2.05) is 0 Å². The predicted octanol–water partition coefficient (Wildman–Crippen LogP) is 2.91. The molecular weight excluding hydrogens is 226 g/mol. The van der Waals surface area contributed by atoms with Gasteiger partial charge in [0.1, 0.15) is 0 Å². The van der Waals surface area contributed by atoms with Gasteiger partial charge in [0, 0.05) is 18.9 Å². The maximum atomic E-state index is 5.22. The van der Waals surface area contributed by atoms with E-state index in [1.165, 1.54) is 32.1 Å². The van der Waals surface area contributed by atoms with Gasteiger partial charge in [-0.2, -0.15) is 4.98 Å². The van der Waals surface area contributed by atoms with E-state index >= 15 is 0 Å². The number of rotatable bonds is 6. The number of nitrogens with one attached hydrogen (secondary N) is 1. The van der Waals surface area contributed by atoms with Gasteiger partial charge in [-0.15, -0.1) is 0 Å². The summed E-state index contributed by atoms with van der Waals surface area (Å²) in [6.45, 7) is 6.24. The standard InChI is InChI=1S/C14H25N3O/c1-11(2)14-16-13(18-17-14)8-9-15-10-12-6-4-3-5-7-12/h11-12,15H,3-10H2,1-2H3. The molecule has 0 spiro atoms. The highest BCUT2D eigenvalue weighted by molar-refractivity contribution is 4.91. The third kappa shape index (κ3) is 4.09. The second kappa shape index (κ2) is 6.88. The first-order valence-electron chi connectivity index (χ1n) is 7.29. The summed E-state index contributed by atoms with van der Waals surface area (Å²) in [5.41, 5.74) is 0. The van der Waals surface area contributed by atoms with Crippen molar-refractivity contribution in [1.82, 2.24) is 15.5 Å². The van der Waals surface area contributed by atoms with Gasteiger partial charge in [0.25, 0.3) is 0 Å². The van der Waals surface area contributed by atoms with Gasteiger partial charge in [-0.25, -0.2) is 0 Å². The molecule has 1 saturated carbocycles. The van der Waals surface area contributed by atoms with Crippen LogP contribution in [0.15, 0.2) is 4.52 Å². The molecule has 1 aromatic heterocycles. The average molecular weight is 251 g/mol. The third-order valence-corrected chi connectivity index (χ3v) is 3.67. The summed E-state index contributed by atoms with van der Waals surface area (Å²) >= 11 is 0. The summed E-state index contributed by atoms with van der Waals surface area (Å²) in [4.78, 5) is 4.38. The van der Waals surface area contributed by atoms with E-state index in [-0.39, 0.29) is 0 Å². The molecule has 0 aromatic carbocycles. The molecule has 1 aromatic rings. The molecule has 0 amide bonds. The fourth-order valence-electron chi connectivity index (χ4n) is 2.50. The second-order valence-electron chi connectivity index (χ2n) is 5.66. The number of aromatic nitrogens is 2. The predicted molar refractivity (Wildman–Crippen MR) is 71.5 cm³/mol. The van der Waals surface area contributed by atoms with Gasteiger partial charge in [0.05, 0.1) is 0 Å². The van der Waals surface area contributed by atoms with Gasteiger partial charge in [0.15, 0.2) is 5.82 Å². The Hall–Kier alpha value is -0.900. The lowest BCUT2D eigenvalue weighted by atomic mass is 9.89. The third-order valence-electron chi connectivity index (χ3n) is 3.67. The van der Waals surface area contributed by atoms with E-state index in [9.17, 15) is 0 Å². The number of nitrogens with zero attached hydrogens (tertiary/aromatic N) is 2. The first-order valence-corrected chi connectivity index (χ1v) is 7.29. The summed E-state index contributed by atoms with van der Waals surface area (Å²) in [6.07, 6.45) is 7.88. The van der Waals surface area contributed by atoms with Crippen molar-refractivity contribution in [2.75, 3.05) is 13.1 Å². The molecule has 1 heterocycles. The highest BCUT2D eigenvalue weighted by atomic mass is 16.5. The lowest BCUT2D eigenvalue weighted by Gasteiger charge is -2.21. The Balaban J connectivity index is 1.62. The van der Waals surface area contributed by atoms with Crippen LogP contribution in [0.1, 0.15) is 63.6 Å². The molecule has 0 atom stereocenters. The molecule has 0 saturated heterocycles. The molecule has 18 heavy (non-hydrogen) atoms. The summed E-state index contributed by atoms with van der Waals surface area (Å²) in [5, 5.41) is 7.48. The van der Waals surface area contributed by atoms with Gasteiger partial charge in [-0.05, 0) is 25.3 Å². The van der Waals surface area contributed by atoms with Gasteiger partial charge in [-0.3, -0.25) is 0 Å². The van der Waals surface area contributed by atoms with E-state index < -0.39 is 0 Å². The molecular formula is C14H25N3O. The smallest absolute Gasteiger partial charge is 0.227 e.